The Kier molecular flexibility index (Phi) is 8.66. The van der Waals surface area contributed by atoms with E-state index in [2.05, 4.69) is 15.3 Å². The Morgan fingerprint density at radius 2 is 1.74 bits per heavy atom. The van der Waals surface area contributed by atoms with Crippen molar-refractivity contribution in [2.24, 2.45) is 5.10 Å². The number of benzene rings is 2. The molecule has 12 heteroatoms. The average molecular weight is 488 g/mol. The summed E-state index contributed by atoms with van der Waals surface area (Å²) in [6.07, 6.45) is 2.32. The highest BCUT2D eigenvalue weighted by Gasteiger charge is 2.21. The Balaban J connectivity index is 1.99. The molecule has 0 saturated carbocycles. The number of hydrazone groups is 1. The maximum absolute atomic E-state index is 12.2. The first-order valence-electron chi connectivity index (χ1n) is 8.64. The van der Waals surface area contributed by atoms with Gasteiger partial charge in [0.05, 0.1) is 25.3 Å². The standard InChI is InChI=1S/C19H19Cl2N3O6S/c1-29-19(26)12-30-17-5-3-13(4-6-17)10-22-23-18(25)11-24(31(2,27)28)16-8-14(20)7-15(21)9-16/h3-10H,11-12H2,1-2H3,(H,23,25)/b22-10-. The number of hydrogen-bond acceptors (Lipinski definition) is 7. The molecule has 1 amide bonds. The number of amides is 1. The second-order valence-electron chi connectivity index (χ2n) is 6.12. The van der Waals surface area contributed by atoms with Crippen molar-refractivity contribution >= 4 is 57.0 Å². The second-order valence-corrected chi connectivity index (χ2v) is 8.90. The first-order valence-corrected chi connectivity index (χ1v) is 11.2. The van der Waals surface area contributed by atoms with Crippen LogP contribution in [-0.4, -0.2) is 53.0 Å². The summed E-state index contributed by atoms with van der Waals surface area (Å²) in [6, 6.07) is 10.7. The lowest BCUT2D eigenvalue weighted by Crippen LogP contribution is -2.39. The molecular weight excluding hydrogens is 469 g/mol. The molecule has 2 aromatic rings. The highest BCUT2D eigenvalue weighted by atomic mass is 35.5. The zero-order valence-corrected chi connectivity index (χ0v) is 18.9. The molecule has 0 aromatic heterocycles. The molecule has 1 N–H and O–H groups in total. The molecule has 0 aliphatic carbocycles. The summed E-state index contributed by atoms with van der Waals surface area (Å²) >= 11 is 11.8. The third-order valence-corrected chi connectivity index (χ3v) is 5.27. The zero-order valence-electron chi connectivity index (χ0n) is 16.5. The third kappa shape index (κ3) is 8.08. The van der Waals surface area contributed by atoms with Crippen LogP contribution in [0.1, 0.15) is 5.56 Å². The minimum absolute atomic E-state index is 0.154. The Morgan fingerprint density at radius 3 is 2.29 bits per heavy atom. The van der Waals surface area contributed by atoms with Crippen molar-refractivity contribution < 1.29 is 27.5 Å². The van der Waals surface area contributed by atoms with Crippen molar-refractivity contribution in [3.8, 4) is 5.75 Å². The maximum Gasteiger partial charge on any atom is 0.343 e. The van der Waals surface area contributed by atoms with Crippen LogP contribution in [0.15, 0.2) is 47.6 Å². The molecule has 2 aromatic carbocycles. The normalized spacial score (nSPS) is 11.2. The monoisotopic (exact) mass is 487 g/mol. The number of sulfonamides is 1. The van der Waals surface area contributed by atoms with Crippen molar-refractivity contribution in [3.05, 3.63) is 58.1 Å². The summed E-state index contributed by atoms with van der Waals surface area (Å²) in [5, 5.41) is 4.27. The number of ether oxygens (including phenoxy) is 2. The van der Waals surface area contributed by atoms with Gasteiger partial charge in [0.2, 0.25) is 10.0 Å². The van der Waals surface area contributed by atoms with Gasteiger partial charge >= 0.3 is 5.97 Å². The fraction of sp³-hybridized carbons (Fsp3) is 0.211. The molecule has 31 heavy (non-hydrogen) atoms. The lowest BCUT2D eigenvalue weighted by atomic mass is 10.2. The van der Waals surface area contributed by atoms with Gasteiger partial charge in [0, 0.05) is 10.0 Å². The van der Waals surface area contributed by atoms with Gasteiger partial charge in [-0.2, -0.15) is 5.10 Å². The van der Waals surface area contributed by atoms with Gasteiger partial charge in [-0.1, -0.05) is 23.2 Å². The lowest BCUT2D eigenvalue weighted by molar-refractivity contribution is -0.142. The molecule has 0 atom stereocenters. The molecule has 0 saturated heterocycles. The molecule has 0 spiro atoms. The fourth-order valence-electron chi connectivity index (χ4n) is 2.28. The predicted molar refractivity (Wildman–Crippen MR) is 118 cm³/mol. The van der Waals surface area contributed by atoms with Crippen LogP contribution < -0.4 is 14.5 Å². The molecule has 0 radical (unpaired) electrons. The van der Waals surface area contributed by atoms with E-state index in [0.29, 0.717) is 11.3 Å². The Bertz CT molecular complexity index is 1050. The van der Waals surface area contributed by atoms with Gasteiger partial charge in [-0.3, -0.25) is 9.10 Å². The molecule has 166 valence electrons. The van der Waals surface area contributed by atoms with Crippen molar-refractivity contribution in [3.63, 3.8) is 0 Å². The van der Waals surface area contributed by atoms with Crippen molar-refractivity contribution in [1.82, 2.24) is 5.43 Å². The van der Waals surface area contributed by atoms with Gasteiger partial charge in [0.15, 0.2) is 6.61 Å². The first-order chi connectivity index (χ1) is 14.6. The van der Waals surface area contributed by atoms with Crippen LogP contribution in [0.3, 0.4) is 0 Å². The van der Waals surface area contributed by atoms with E-state index in [4.69, 9.17) is 27.9 Å². The van der Waals surface area contributed by atoms with Crippen LogP contribution in [0.4, 0.5) is 5.69 Å². The molecule has 0 aliphatic heterocycles. The van der Waals surface area contributed by atoms with Crippen LogP contribution in [0.5, 0.6) is 5.75 Å². The maximum atomic E-state index is 12.2. The summed E-state index contributed by atoms with van der Waals surface area (Å²) in [7, 11) is -2.52. The molecule has 0 unspecified atom stereocenters. The van der Waals surface area contributed by atoms with E-state index < -0.39 is 28.4 Å². The number of nitrogens with zero attached hydrogens (tertiary/aromatic N) is 2. The Morgan fingerprint density at radius 1 is 1.13 bits per heavy atom. The lowest BCUT2D eigenvalue weighted by Gasteiger charge is -2.21. The quantitative estimate of drug-likeness (QED) is 0.330. The Labute approximate surface area is 189 Å². The van der Waals surface area contributed by atoms with Crippen molar-refractivity contribution in [2.45, 2.75) is 0 Å². The van der Waals surface area contributed by atoms with E-state index in [1.165, 1.54) is 31.5 Å². The van der Waals surface area contributed by atoms with Gasteiger partial charge in [0.25, 0.3) is 5.91 Å². The second kappa shape index (κ2) is 11.0. The molecule has 0 fully saturated rings. The van der Waals surface area contributed by atoms with Crippen LogP contribution >= 0.6 is 23.2 Å². The highest BCUT2D eigenvalue weighted by molar-refractivity contribution is 7.92. The van der Waals surface area contributed by atoms with Gasteiger partial charge in [-0.25, -0.2) is 18.6 Å². The molecule has 0 aliphatic rings. The van der Waals surface area contributed by atoms with Crippen LogP contribution in [0.25, 0.3) is 0 Å². The van der Waals surface area contributed by atoms with Gasteiger partial charge in [-0.15, -0.1) is 0 Å². The van der Waals surface area contributed by atoms with Crippen LogP contribution in [0, 0.1) is 0 Å². The largest absolute Gasteiger partial charge is 0.482 e. The summed E-state index contributed by atoms with van der Waals surface area (Å²) in [4.78, 5) is 23.3. The number of carbonyl (C=O) groups excluding carboxylic acids is 2. The number of methoxy groups -OCH3 is 1. The predicted octanol–water partition coefficient (Wildman–Crippen LogP) is 2.46. The van der Waals surface area contributed by atoms with Gasteiger partial charge in [0.1, 0.15) is 12.3 Å². The average Bonchev–Trinajstić information content (AvgIpc) is 2.69. The van der Waals surface area contributed by atoms with E-state index in [1.54, 1.807) is 24.3 Å². The van der Waals surface area contributed by atoms with Crippen molar-refractivity contribution in [2.75, 3.05) is 30.8 Å². The zero-order chi connectivity index (χ0) is 23.0. The van der Waals surface area contributed by atoms with E-state index in [1.807, 2.05) is 0 Å². The molecule has 0 heterocycles. The molecule has 2 rings (SSSR count). The summed E-state index contributed by atoms with van der Waals surface area (Å²) < 4.78 is 34.8. The van der Waals surface area contributed by atoms with Gasteiger partial charge in [-0.05, 0) is 48.0 Å². The minimum Gasteiger partial charge on any atom is -0.482 e. The topological polar surface area (TPSA) is 114 Å². The van der Waals surface area contributed by atoms with Crippen LogP contribution in [0.2, 0.25) is 10.0 Å². The molecule has 0 bridgehead atoms. The van der Waals surface area contributed by atoms with Crippen LogP contribution in [-0.2, 0) is 24.3 Å². The SMILES string of the molecule is COC(=O)COc1ccc(/C=N\NC(=O)CN(c2cc(Cl)cc(Cl)c2)S(C)(=O)=O)cc1. The van der Waals surface area contributed by atoms with E-state index in [0.717, 1.165) is 10.6 Å². The number of carbonyl (C=O) groups is 2. The number of rotatable bonds is 9. The van der Waals surface area contributed by atoms with E-state index in [9.17, 15) is 18.0 Å². The number of esters is 1. The van der Waals surface area contributed by atoms with E-state index >= 15 is 0 Å². The number of anilines is 1. The minimum atomic E-state index is -3.79. The first kappa shape index (κ1) is 24.4. The summed E-state index contributed by atoms with van der Waals surface area (Å²) in [5.74, 6) is -0.720. The molecular formula is C19H19Cl2N3O6S. The number of halogens is 2. The van der Waals surface area contributed by atoms with Crippen molar-refractivity contribution in [1.29, 1.82) is 0 Å². The summed E-state index contributed by atoms with van der Waals surface area (Å²) in [5.41, 5.74) is 3.05. The fourth-order valence-corrected chi connectivity index (χ4v) is 3.63. The highest BCUT2D eigenvalue weighted by Crippen LogP contribution is 2.26. The number of hydrogen-bond donors (Lipinski definition) is 1. The number of nitrogens with one attached hydrogen (secondary N) is 1. The van der Waals surface area contributed by atoms with Gasteiger partial charge < -0.3 is 9.47 Å². The van der Waals surface area contributed by atoms with E-state index in [-0.39, 0.29) is 22.3 Å². The molecule has 9 nitrogen and oxygen atoms in total. The Hall–Kier alpha value is -2.82. The third-order valence-electron chi connectivity index (χ3n) is 3.69. The smallest absolute Gasteiger partial charge is 0.343 e. The summed E-state index contributed by atoms with van der Waals surface area (Å²) in [6.45, 7) is -0.734.